The summed E-state index contributed by atoms with van der Waals surface area (Å²) in [6.45, 7) is 6.09. The van der Waals surface area contributed by atoms with E-state index in [4.69, 9.17) is 4.74 Å². The fourth-order valence-electron chi connectivity index (χ4n) is 4.18. The molecule has 1 aliphatic heterocycles. The van der Waals surface area contributed by atoms with Gasteiger partial charge < -0.3 is 19.9 Å². The Hall–Kier alpha value is -2.08. The molecule has 0 spiro atoms. The molecule has 0 unspecified atom stereocenters. The smallest absolute Gasteiger partial charge is 0.227 e. The first-order chi connectivity index (χ1) is 14.4. The summed E-state index contributed by atoms with van der Waals surface area (Å²) in [5.74, 6) is 0.497. The summed E-state index contributed by atoms with van der Waals surface area (Å²) >= 11 is 0. The molecule has 0 bridgehead atoms. The van der Waals surface area contributed by atoms with E-state index in [1.165, 1.54) is 0 Å². The third kappa shape index (κ3) is 5.75. The molecule has 1 aromatic carbocycles. The Morgan fingerprint density at radius 1 is 1.17 bits per heavy atom. The number of ether oxygens (including phenoxy) is 1. The van der Waals surface area contributed by atoms with Gasteiger partial charge in [-0.1, -0.05) is 13.8 Å². The molecule has 2 aliphatic rings. The topological polar surface area (TPSA) is 61.9 Å². The SMILES string of the molecule is CCC(CC)C(=O)N(Cc1cc(NC(=O)C2CC2)ccc1N(C)C)C[C@H]1CCCO1. The van der Waals surface area contributed by atoms with E-state index >= 15 is 0 Å². The minimum Gasteiger partial charge on any atom is -0.377 e. The Morgan fingerprint density at radius 2 is 1.90 bits per heavy atom. The molecular formula is C24H37N3O3. The third-order valence-corrected chi connectivity index (χ3v) is 6.23. The number of carbonyl (C=O) groups excluding carboxylic acids is 2. The van der Waals surface area contributed by atoms with E-state index < -0.39 is 0 Å². The van der Waals surface area contributed by atoms with E-state index in [-0.39, 0.29) is 29.8 Å². The van der Waals surface area contributed by atoms with E-state index in [1.807, 2.05) is 37.2 Å². The number of nitrogens with one attached hydrogen (secondary N) is 1. The van der Waals surface area contributed by atoms with Gasteiger partial charge in [0, 0.05) is 57.0 Å². The van der Waals surface area contributed by atoms with Crippen molar-refractivity contribution in [2.45, 2.75) is 65.0 Å². The molecular weight excluding hydrogens is 378 g/mol. The van der Waals surface area contributed by atoms with Crippen LogP contribution in [0, 0.1) is 11.8 Å². The number of benzene rings is 1. The van der Waals surface area contributed by atoms with Crippen molar-refractivity contribution >= 4 is 23.2 Å². The van der Waals surface area contributed by atoms with Crippen molar-refractivity contribution in [2.75, 3.05) is 37.5 Å². The molecule has 1 heterocycles. The standard InChI is InChI=1S/C24H37N3O3/c1-5-17(6-2)24(29)27(16-21-8-7-13-30-21)15-19-14-20(11-12-22(19)26(3)4)25-23(28)18-9-10-18/h11-12,14,17-18,21H,5-10,13,15-16H2,1-4H3,(H,25,28)/t21-/m1/s1. The van der Waals surface area contributed by atoms with Crippen molar-refractivity contribution in [1.29, 1.82) is 0 Å². The Morgan fingerprint density at radius 3 is 2.47 bits per heavy atom. The van der Waals surface area contributed by atoms with Gasteiger partial charge in [0.2, 0.25) is 11.8 Å². The van der Waals surface area contributed by atoms with E-state index in [0.29, 0.717) is 13.1 Å². The molecule has 1 N–H and O–H groups in total. The molecule has 166 valence electrons. The maximum absolute atomic E-state index is 13.3. The molecule has 1 aromatic rings. The molecule has 0 aromatic heterocycles. The van der Waals surface area contributed by atoms with E-state index in [1.54, 1.807) is 0 Å². The number of anilines is 2. The maximum atomic E-state index is 13.3. The lowest BCUT2D eigenvalue weighted by Crippen LogP contribution is -2.40. The van der Waals surface area contributed by atoms with Gasteiger partial charge in [-0.3, -0.25) is 9.59 Å². The molecule has 6 nitrogen and oxygen atoms in total. The second-order valence-electron chi connectivity index (χ2n) is 8.87. The van der Waals surface area contributed by atoms with E-state index in [2.05, 4.69) is 24.1 Å². The van der Waals surface area contributed by atoms with Gasteiger partial charge in [0.25, 0.3) is 0 Å². The van der Waals surface area contributed by atoms with Crippen molar-refractivity contribution in [3.8, 4) is 0 Å². The first-order valence-electron chi connectivity index (χ1n) is 11.4. The summed E-state index contributed by atoms with van der Waals surface area (Å²) in [5, 5.41) is 3.05. The normalized spacial score (nSPS) is 18.5. The first-order valence-corrected chi connectivity index (χ1v) is 11.4. The predicted molar refractivity (Wildman–Crippen MR) is 121 cm³/mol. The minimum atomic E-state index is 0.0342. The molecule has 1 saturated carbocycles. The summed E-state index contributed by atoms with van der Waals surface area (Å²) in [4.78, 5) is 29.6. The zero-order chi connectivity index (χ0) is 21.7. The number of nitrogens with zero attached hydrogens (tertiary/aromatic N) is 2. The summed E-state index contributed by atoms with van der Waals surface area (Å²) < 4.78 is 5.84. The highest BCUT2D eigenvalue weighted by molar-refractivity contribution is 5.94. The average molecular weight is 416 g/mol. The molecule has 3 rings (SSSR count). The Kier molecular flexibility index (Phi) is 7.75. The van der Waals surface area contributed by atoms with Gasteiger partial charge in [0.05, 0.1) is 6.10 Å². The lowest BCUT2D eigenvalue weighted by Gasteiger charge is -2.30. The van der Waals surface area contributed by atoms with Crippen molar-refractivity contribution in [2.24, 2.45) is 11.8 Å². The zero-order valence-corrected chi connectivity index (χ0v) is 18.9. The van der Waals surface area contributed by atoms with Crippen molar-refractivity contribution in [1.82, 2.24) is 4.90 Å². The quantitative estimate of drug-likeness (QED) is 0.626. The van der Waals surface area contributed by atoms with Gasteiger partial charge in [-0.15, -0.1) is 0 Å². The van der Waals surface area contributed by atoms with Gasteiger partial charge in [-0.2, -0.15) is 0 Å². The summed E-state index contributed by atoms with van der Waals surface area (Å²) in [7, 11) is 4.02. The van der Waals surface area contributed by atoms with Crippen LogP contribution in [0.25, 0.3) is 0 Å². The maximum Gasteiger partial charge on any atom is 0.227 e. The Bertz CT molecular complexity index is 735. The van der Waals surface area contributed by atoms with Gasteiger partial charge in [0.1, 0.15) is 0 Å². The highest BCUT2D eigenvalue weighted by atomic mass is 16.5. The fraction of sp³-hybridized carbons (Fsp3) is 0.667. The molecule has 30 heavy (non-hydrogen) atoms. The van der Waals surface area contributed by atoms with Gasteiger partial charge in [-0.25, -0.2) is 0 Å². The van der Waals surface area contributed by atoms with Crippen LogP contribution in [-0.2, 0) is 20.9 Å². The molecule has 1 saturated heterocycles. The van der Waals surface area contributed by atoms with Crippen LogP contribution in [0.15, 0.2) is 18.2 Å². The molecule has 1 aliphatic carbocycles. The first kappa shape index (κ1) is 22.6. The average Bonchev–Trinajstić information content (AvgIpc) is 3.45. The molecule has 2 amide bonds. The van der Waals surface area contributed by atoms with Crippen LogP contribution < -0.4 is 10.2 Å². The molecule has 6 heteroatoms. The van der Waals surface area contributed by atoms with Crippen molar-refractivity contribution in [3.63, 3.8) is 0 Å². The molecule has 0 radical (unpaired) electrons. The highest BCUT2D eigenvalue weighted by Gasteiger charge is 2.30. The van der Waals surface area contributed by atoms with Gasteiger partial charge in [0.15, 0.2) is 0 Å². The number of carbonyl (C=O) groups is 2. The Labute approximate surface area is 180 Å². The van der Waals surface area contributed by atoms with Crippen LogP contribution in [0.5, 0.6) is 0 Å². The lowest BCUT2D eigenvalue weighted by atomic mass is 10.0. The van der Waals surface area contributed by atoms with Crippen LogP contribution in [0.4, 0.5) is 11.4 Å². The van der Waals surface area contributed by atoms with Crippen LogP contribution in [-0.4, -0.2) is 50.1 Å². The monoisotopic (exact) mass is 415 g/mol. The lowest BCUT2D eigenvalue weighted by molar-refractivity contribution is -0.138. The minimum absolute atomic E-state index is 0.0342. The highest BCUT2D eigenvalue weighted by Crippen LogP contribution is 2.31. The molecule has 1 atom stereocenters. The zero-order valence-electron chi connectivity index (χ0n) is 18.9. The predicted octanol–water partition coefficient (Wildman–Crippen LogP) is 4.04. The fourth-order valence-corrected chi connectivity index (χ4v) is 4.18. The number of hydrogen-bond acceptors (Lipinski definition) is 4. The summed E-state index contributed by atoms with van der Waals surface area (Å²) in [5.41, 5.74) is 2.92. The van der Waals surface area contributed by atoms with Gasteiger partial charge in [-0.05, 0) is 62.3 Å². The van der Waals surface area contributed by atoms with Crippen LogP contribution in [0.2, 0.25) is 0 Å². The van der Waals surface area contributed by atoms with Crippen molar-refractivity contribution in [3.05, 3.63) is 23.8 Å². The Balaban J connectivity index is 1.84. The third-order valence-electron chi connectivity index (χ3n) is 6.23. The summed E-state index contributed by atoms with van der Waals surface area (Å²) in [6, 6.07) is 6.01. The largest absolute Gasteiger partial charge is 0.377 e. The summed E-state index contributed by atoms with van der Waals surface area (Å²) in [6.07, 6.45) is 5.82. The van der Waals surface area contributed by atoms with Crippen LogP contribution in [0.3, 0.4) is 0 Å². The van der Waals surface area contributed by atoms with E-state index in [9.17, 15) is 9.59 Å². The molecule has 2 fully saturated rings. The number of rotatable bonds is 10. The second kappa shape index (κ2) is 10.3. The van der Waals surface area contributed by atoms with Crippen LogP contribution >= 0.6 is 0 Å². The number of amides is 2. The second-order valence-corrected chi connectivity index (χ2v) is 8.87. The van der Waals surface area contributed by atoms with Gasteiger partial charge >= 0.3 is 0 Å². The van der Waals surface area contributed by atoms with Crippen molar-refractivity contribution < 1.29 is 14.3 Å². The van der Waals surface area contributed by atoms with E-state index in [0.717, 1.165) is 62.1 Å². The number of hydrogen-bond donors (Lipinski definition) is 1. The van der Waals surface area contributed by atoms with Crippen LogP contribution in [0.1, 0.15) is 57.9 Å².